The van der Waals surface area contributed by atoms with E-state index >= 15 is 0 Å². The Morgan fingerprint density at radius 1 is 1.53 bits per heavy atom. The molecule has 5 heteroatoms. The summed E-state index contributed by atoms with van der Waals surface area (Å²) in [5.74, 6) is 1.18. The Bertz CT molecular complexity index is 386. The smallest absolute Gasteiger partial charge is 0.241 e. The molecule has 0 saturated heterocycles. The Morgan fingerprint density at radius 3 is 3.12 bits per heavy atom. The highest BCUT2D eigenvalue weighted by atomic mass is 35.5. The zero-order valence-electron chi connectivity index (χ0n) is 10.0. The van der Waals surface area contributed by atoms with Gasteiger partial charge in [0.1, 0.15) is 11.8 Å². The number of hydrogen-bond acceptors (Lipinski definition) is 4. The lowest BCUT2D eigenvalue weighted by molar-refractivity contribution is 0.118. The summed E-state index contributed by atoms with van der Waals surface area (Å²) in [6.07, 6.45) is 7.57. The van der Waals surface area contributed by atoms with Gasteiger partial charge in [-0.2, -0.15) is 4.98 Å². The van der Waals surface area contributed by atoms with E-state index in [0.717, 1.165) is 18.8 Å². The van der Waals surface area contributed by atoms with Gasteiger partial charge in [0.25, 0.3) is 0 Å². The van der Waals surface area contributed by atoms with Crippen molar-refractivity contribution >= 4 is 17.3 Å². The number of halogens is 1. The van der Waals surface area contributed by atoms with Crippen LogP contribution in [0.15, 0.2) is 6.20 Å². The monoisotopic (exact) mass is 255 g/mol. The van der Waals surface area contributed by atoms with Crippen molar-refractivity contribution in [2.24, 2.45) is 5.92 Å². The SMILES string of the molecule is CCC1CCCC(Oc2nc(Cl)ncc2N)C1. The minimum Gasteiger partial charge on any atom is -0.473 e. The highest BCUT2D eigenvalue weighted by molar-refractivity contribution is 6.28. The van der Waals surface area contributed by atoms with Gasteiger partial charge in [-0.15, -0.1) is 0 Å². The summed E-state index contributed by atoms with van der Waals surface area (Å²) >= 11 is 5.73. The first-order chi connectivity index (χ1) is 8.19. The summed E-state index contributed by atoms with van der Waals surface area (Å²) < 4.78 is 5.84. The molecule has 4 nitrogen and oxygen atoms in total. The molecule has 0 bridgehead atoms. The number of ether oxygens (including phenoxy) is 1. The van der Waals surface area contributed by atoms with Gasteiger partial charge in [0.15, 0.2) is 0 Å². The van der Waals surface area contributed by atoms with E-state index in [1.807, 2.05) is 0 Å². The van der Waals surface area contributed by atoms with Crippen LogP contribution in [0.25, 0.3) is 0 Å². The lowest BCUT2D eigenvalue weighted by atomic mass is 9.85. The van der Waals surface area contributed by atoms with Crippen molar-refractivity contribution in [3.63, 3.8) is 0 Å². The summed E-state index contributed by atoms with van der Waals surface area (Å²) in [4.78, 5) is 7.84. The first-order valence-corrected chi connectivity index (χ1v) is 6.51. The van der Waals surface area contributed by atoms with E-state index in [9.17, 15) is 0 Å². The van der Waals surface area contributed by atoms with Crippen molar-refractivity contribution in [1.82, 2.24) is 9.97 Å². The number of rotatable bonds is 3. The van der Waals surface area contributed by atoms with Crippen molar-refractivity contribution in [3.8, 4) is 5.88 Å². The van der Waals surface area contributed by atoms with Crippen LogP contribution in [-0.2, 0) is 0 Å². The van der Waals surface area contributed by atoms with Crippen molar-refractivity contribution in [2.45, 2.75) is 45.1 Å². The fourth-order valence-electron chi connectivity index (χ4n) is 2.33. The lowest BCUT2D eigenvalue weighted by Gasteiger charge is -2.28. The number of nitrogens with two attached hydrogens (primary N) is 1. The fraction of sp³-hybridized carbons (Fsp3) is 0.667. The van der Waals surface area contributed by atoms with Gasteiger partial charge in [-0.25, -0.2) is 4.98 Å². The normalized spacial score (nSPS) is 24.6. The maximum Gasteiger partial charge on any atom is 0.241 e. The number of nitrogens with zero attached hydrogens (tertiary/aromatic N) is 2. The van der Waals surface area contributed by atoms with Crippen LogP contribution in [0, 0.1) is 5.92 Å². The van der Waals surface area contributed by atoms with Crippen molar-refractivity contribution in [3.05, 3.63) is 11.5 Å². The molecule has 1 fully saturated rings. The third-order valence-corrected chi connectivity index (χ3v) is 3.52. The van der Waals surface area contributed by atoms with Crippen LogP contribution < -0.4 is 10.5 Å². The average molecular weight is 256 g/mol. The molecule has 17 heavy (non-hydrogen) atoms. The predicted molar refractivity (Wildman–Crippen MR) is 68.1 cm³/mol. The first kappa shape index (κ1) is 12.4. The Hall–Kier alpha value is -1.03. The number of aromatic nitrogens is 2. The van der Waals surface area contributed by atoms with Gasteiger partial charge in [-0.05, 0) is 36.8 Å². The Balaban J connectivity index is 2.02. The molecule has 1 aliphatic carbocycles. The lowest BCUT2D eigenvalue weighted by Crippen LogP contribution is -2.25. The highest BCUT2D eigenvalue weighted by Crippen LogP contribution is 2.30. The molecular formula is C12H18ClN3O. The van der Waals surface area contributed by atoms with Gasteiger partial charge in [-0.1, -0.05) is 19.8 Å². The van der Waals surface area contributed by atoms with Gasteiger partial charge in [0.2, 0.25) is 11.2 Å². The number of anilines is 1. The largest absolute Gasteiger partial charge is 0.473 e. The minimum absolute atomic E-state index is 0.178. The zero-order chi connectivity index (χ0) is 12.3. The van der Waals surface area contributed by atoms with Crippen LogP contribution >= 0.6 is 11.6 Å². The van der Waals surface area contributed by atoms with Crippen LogP contribution in [0.1, 0.15) is 39.0 Å². The predicted octanol–water partition coefficient (Wildman–Crippen LogP) is 3.06. The Kier molecular flexibility index (Phi) is 4.05. The molecule has 1 aromatic heterocycles. The first-order valence-electron chi connectivity index (χ1n) is 6.13. The second-order valence-electron chi connectivity index (χ2n) is 4.58. The van der Waals surface area contributed by atoms with Crippen LogP contribution in [0.5, 0.6) is 5.88 Å². The molecule has 1 saturated carbocycles. The second kappa shape index (κ2) is 5.54. The minimum atomic E-state index is 0.178. The molecule has 2 rings (SSSR count). The molecular weight excluding hydrogens is 238 g/mol. The van der Waals surface area contributed by atoms with Crippen molar-refractivity contribution in [2.75, 3.05) is 5.73 Å². The maximum atomic E-state index is 5.84. The summed E-state index contributed by atoms with van der Waals surface area (Å²) in [7, 11) is 0. The van der Waals surface area contributed by atoms with E-state index in [4.69, 9.17) is 22.1 Å². The van der Waals surface area contributed by atoms with Gasteiger partial charge < -0.3 is 10.5 Å². The highest BCUT2D eigenvalue weighted by Gasteiger charge is 2.23. The van der Waals surface area contributed by atoms with Crippen LogP contribution in [0.3, 0.4) is 0 Å². The third kappa shape index (κ3) is 3.22. The van der Waals surface area contributed by atoms with Crippen LogP contribution in [0.4, 0.5) is 5.69 Å². The summed E-state index contributed by atoms with van der Waals surface area (Å²) in [6, 6.07) is 0. The third-order valence-electron chi connectivity index (χ3n) is 3.34. The van der Waals surface area contributed by atoms with Gasteiger partial charge in [-0.3, -0.25) is 0 Å². The molecule has 0 radical (unpaired) electrons. The topological polar surface area (TPSA) is 61.0 Å². The van der Waals surface area contributed by atoms with E-state index in [-0.39, 0.29) is 11.4 Å². The van der Waals surface area contributed by atoms with E-state index in [0.29, 0.717) is 11.6 Å². The molecule has 1 aliphatic rings. The summed E-state index contributed by atoms with van der Waals surface area (Å²) in [6.45, 7) is 2.23. The number of nitrogen functional groups attached to an aromatic ring is 1. The molecule has 0 amide bonds. The van der Waals surface area contributed by atoms with Crippen LogP contribution in [-0.4, -0.2) is 16.1 Å². The van der Waals surface area contributed by atoms with Gasteiger partial charge in [0, 0.05) is 0 Å². The maximum absolute atomic E-state index is 5.84. The van der Waals surface area contributed by atoms with Gasteiger partial charge in [0.05, 0.1) is 6.20 Å². The quantitative estimate of drug-likeness (QED) is 0.844. The molecule has 1 aromatic rings. The summed E-state index contributed by atoms with van der Waals surface area (Å²) in [5, 5.41) is 0.178. The molecule has 94 valence electrons. The standard InChI is InChI=1S/C12H18ClN3O/c1-2-8-4-3-5-9(6-8)17-11-10(14)7-15-12(13)16-11/h7-9H,2-6,14H2,1H3. The molecule has 2 N–H and O–H groups in total. The van der Waals surface area contributed by atoms with Crippen molar-refractivity contribution < 1.29 is 4.74 Å². The van der Waals surface area contributed by atoms with E-state index in [1.54, 1.807) is 0 Å². The fourth-order valence-corrected chi connectivity index (χ4v) is 2.45. The molecule has 1 heterocycles. The Morgan fingerprint density at radius 2 is 2.35 bits per heavy atom. The van der Waals surface area contributed by atoms with E-state index < -0.39 is 0 Å². The van der Waals surface area contributed by atoms with Crippen molar-refractivity contribution in [1.29, 1.82) is 0 Å². The molecule has 0 spiro atoms. The van der Waals surface area contributed by atoms with Gasteiger partial charge >= 0.3 is 0 Å². The number of hydrogen-bond donors (Lipinski definition) is 1. The molecule has 2 unspecified atom stereocenters. The molecule has 2 atom stereocenters. The van der Waals surface area contributed by atoms with Crippen LogP contribution in [0.2, 0.25) is 5.28 Å². The molecule has 0 aliphatic heterocycles. The summed E-state index contributed by atoms with van der Waals surface area (Å²) in [5.41, 5.74) is 6.22. The van der Waals surface area contributed by atoms with E-state index in [1.165, 1.54) is 25.5 Å². The van der Waals surface area contributed by atoms with E-state index in [2.05, 4.69) is 16.9 Å². The second-order valence-corrected chi connectivity index (χ2v) is 4.92. The molecule has 0 aromatic carbocycles. The zero-order valence-corrected chi connectivity index (χ0v) is 10.8. The average Bonchev–Trinajstić information content (AvgIpc) is 2.34. The Labute approximate surface area is 107 Å².